The third-order valence-corrected chi connectivity index (χ3v) is 3.74. The van der Waals surface area contributed by atoms with Crippen LogP contribution in [0.5, 0.6) is 0 Å². The van der Waals surface area contributed by atoms with E-state index >= 15 is 0 Å². The Hall–Kier alpha value is -0.770. The van der Waals surface area contributed by atoms with Gasteiger partial charge >= 0.3 is 0 Å². The molecule has 0 heterocycles. The molecule has 1 fully saturated rings. The molecule has 0 bridgehead atoms. The first-order valence-corrected chi connectivity index (χ1v) is 8.20. The summed E-state index contributed by atoms with van der Waals surface area (Å²) in [4.78, 5) is 4.66. The monoisotopic (exact) mass is 282 g/mol. The quantitative estimate of drug-likeness (QED) is 0.412. The summed E-state index contributed by atoms with van der Waals surface area (Å²) in [6, 6.07) is 0.597. The molecule has 4 heteroatoms. The van der Waals surface area contributed by atoms with Gasteiger partial charge in [0.05, 0.1) is 6.54 Å². The normalized spacial score (nSPS) is 24.6. The molecule has 4 nitrogen and oxygen atoms in total. The van der Waals surface area contributed by atoms with E-state index in [1.54, 1.807) is 0 Å². The van der Waals surface area contributed by atoms with Crippen LogP contribution in [0.25, 0.3) is 0 Å². The van der Waals surface area contributed by atoms with E-state index in [-0.39, 0.29) is 5.54 Å². The second-order valence-corrected chi connectivity index (χ2v) is 7.04. The highest BCUT2D eigenvalue weighted by atomic mass is 15.2. The van der Waals surface area contributed by atoms with E-state index in [2.05, 4.69) is 55.6 Å². The summed E-state index contributed by atoms with van der Waals surface area (Å²) in [6.07, 6.45) is 5.21. The third kappa shape index (κ3) is 7.73. The third-order valence-electron chi connectivity index (χ3n) is 3.74. The molecule has 0 spiro atoms. The van der Waals surface area contributed by atoms with E-state index in [1.807, 2.05) is 0 Å². The zero-order chi connectivity index (χ0) is 15.0. The van der Waals surface area contributed by atoms with Crippen LogP contribution in [0, 0.1) is 5.92 Å². The van der Waals surface area contributed by atoms with E-state index in [0.717, 1.165) is 31.5 Å². The molecule has 0 aromatic heterocycles. The average Bonchev–Trinajstić information content (AvgIpc) is 2.36. The molecule has 1 saturated carbocycles. The van der Waals surface area contributed by atoms with Crippen LogP contribution in [0.1, 0.15) is 60.3 Å². The molecule has 3 N–H and O–H groups in total. The van der Waals surface area contributed by atoms with Gasteiger partial charge in [-0.05, 0) is 59.3 Å². The lowest BCUT2D eigenvalue weighted by Gasteiger charge is -2.28. The van der Waals surface area contributed by atoms with Gasteiger partial charge in [-0.15, -0.1) is 0 Å². The number of nitrogens with zero attached hydrogens (tertiary/aromatic N) is 1. The molecule has 0 aromatic carbocycles. The molecule has 1 rings (SSSR count). The first-order chi connectivity index (χ1) is 9.40. The summed E-state index contributed by atoms with van der Waals surface area (Å²) in [5.41, 5.74) is 0.167. The Labute approximate surface area is 125 Å². The van der Waals surface area contributed by atoms with Gasteiger partial charge in [-0.25, -0.2) is 0 Å². The number of hydrogen-bond acceptors (Lipinski definition) is 2. The minimum Gasteiger partial charge on any atom is -0.357 e. The number of guanidine groups is 1. The number of rotatable bonds is 5. The van der Waals surface area contributed by atoms with Crippen molar-refractivity contribution in [1.82, 2.24) is 16.0 Å². The van der Waals surface area contributed by atoms with Crippen molar-refractivity contribution in [3.05, 3.63) is 0 Å². The van der Waals surface area contributed by atoms with E-state index in [9.17, 15) is 0 Å². The van der Waals surface area contributed by atoms with Gasteiger partial charge in [-0.3, -0.25) is 4.99 Å². The van der Waals surface area contributed by atoms with Crippen molar-refractivity contribution in [3.8, 4) is 0 Å². The van der Waals surface area contributed by atoms with Crippen molar-refractivity contribution >= 4 is 5.96 Å². The molecule has 0 aliphatic heterocycles. The van der Waals surface area contributed by atoms with Gasteiger partial charge in [0.15, 0.2) is 5.96 Å². The minimum atomic E-state index is 0.167. The molecular formula is C16H34N4. The van der Waals surface area contributed by atoms with E-state index in [0.29, 0.717) is 6.04 Å². The molecule has 0 unspecified atom stereocenters. The van der Waals surface area contributed by atoms with Gasteiger partial charge < -0.3 is 16.0 Å². The van der Waals surface area contributed by atoms with Gasteiger partial charge in [0.1, 0.15) is 0 Å². The van der Waals surface area contributed by atoms with Crippen molar-refractivity contribution in [1.29, 1.82) is 0 Å². The number of aliphatic imine (C=N–C) groups is 1. The second kappa shape index (κ2) is 8.50. The van der Waals surface area contributed by atoms with Crippen LogP contribution in [-0.2, 0) is 0 Å². The van der Waals surface area contributed by atoms with Crippen LogP contribution in [0.2, 0.25) is 0 Å². The number of hydrogen-bond donors (Lipinski definition) is 3. The maximum absolute atomic E-state index is 4.66. The minimum absolute atomic E-state index is 0.167. The van der Waals surface area contributed by atoms with Gasteiger partial charge in [0, 0.05) is 24.7 Å². The van der Waals surface area contributed by atoms with Crippen molar-refractivity contribution in [2.75, 3.05) is 19.6 Å². The van der Waals surface area contributed by atoms with Crippen LogP contribution in [-0.4, -0.2) is 37.2 Å². The molecule has 0 amide bonds. The maximum atomic E-state index is 4.66. The molecule has 0 saturated heterocycles. The predicted molar refractivity (Wildman–Crippen MR) is 88.3 cm³/mol. The molecule has 1 aliphatic rings. The Morgan fingerprint density at radius 2 is 1.80 bits per heavy atom. The summed E-state index contributed by atoms with van der Waals surface area (Å²) < 4.78 is 0. The van der Waals surface area contributed by atoms with Gasteiger partial charge in [0.2, 0.25) is 0 Å². The average molecular weight is 282 g/mol. The Balaban J connectivity index is 2.35. The topological polar surface area (TPSA) is 48.5 Å². The summed E-state index contributed by atoms with van der Waals surface area (Å²) in [5.74, 6) is 1.87. The molecule has 0 atom stereocenters. The lowest BCUT2D eigenvalue weighted by atomic mass is 9.87. The van der Waals surface area contributed by atoms with Gasteiger partial charge in [0.25, 0.3) is 0 Å². The van der Waals surface area contributed by atoms with Crippen molar-refractivity contribution < 1.29 is 0 Å². The van der Waals surface area contributed by atoms with Crippen molar-refractivity contribution in [2.45, 2.75) is 71.9 Å². The maximum Gasteiger partial charge on any atom is 0.191 e. The summed E-state index contributed by atoms with van der Waals surface area (Å²) >= 11 is 0. The van der Waals surface area contributed by atoms with Crippen LogP contribution in [0.4, 0.5) is 0 Å². The second-order valence-electron chi connectivity index (χ2n) is 7.04. The number of nitrogens with one attached hydrogen (secondary N) is 3. The zero-order valence-electron chi connectivity index (χ0n) is 14.1. The zero-order valence-corrected chi connectivity index (χ0v) is 14.1. The molecular weight excluding hydrogens is 248 g/mol. The smallest absolute Gasteiger partial charge is 0.191 e. The predicted octanol–water partition coefficient (Wildman–Crippen LogP) is 2.51. The van der Waals surface area contributed by atoms with Crippen molar-refractivity contribution in [2.24, 2.45) is 10.9 Å². The Bertz CT molecular complexity index is 285. The van der Waals surface area contributed by atoms with E-state index in [1.165, 1.54) is 25.7 Å². The van der Waals surface area contributed by atoms with Crippen molar-refractivity contribution in [3.63, 3.8) is 0 Å². The fraction of sp³-hybridized carbons (Fsp3) is 0.938. The molecule has 0 aromatic rings. The fourth-order valence-electron chi connectivity index (χ4n) is 2.52. The van der Waals surface area contributed by atoms with Gasteiger partial charge in [-0.1, -0.05) is 6.92 Å². The standard InChI is InChI=1S/C16H34N4/c1-6-17-15(18-11-12-19-16(3,4)5)20-14-9-7-13(2)8-10-14/h13-14,19H,6-12H2,1-5H3,(H2,17,18,20). The highest BCUT2D eigenvalue weighted by molar-refractivity contribution is 5.80. The van der Waals surface area contributed by atoms with E-state index < -0.39 is 0 Å². The molecule has 1 aliphatic carbocycles. The Kier molecular flexibility index (Phi) is 7.35. The lowest BCUT2D eigenvalue weighted by Crippen LogP contribution is -2.45. The first kappa shape index (κ1) is 17.3. The van der Waals surface area contributed by atoms with Crippen LogP contribution >= 0.6 is 0 Å². The van der Waals surface area contributed by atoms with Crippen LogP contribution < -0.4 is 16.0 Å². The van der Waals surface area contributed by atoms with Crippen LogP contribution in [0.15, 0.2) is 4.99 Å². The molecule has 118 valence electrons. The summed E-state index contributed by atoms with van der Waals surface area (Å²) in [6.45, 7) is 13.7. The van der Waals surface area contributed by atoms with Crippen LogP contribution in [0.3, 0.4) is 0 Å². The molecule has 0 radical (unpaired) electrons. The van der Waals surface area contributed by atoms with E-state index in [4.69, 9.17) is 0 Å². The Morgan fingerprint density at radius 3 is 2.35 bits per heavy atom. The van der Waals surface area contributed by atoms with Gasteiger partial charge in [-0.2, -0.15) is 0 Å². The first-order valence-electron chi connectivity index (χ1n) is 8.20. The largest absolute Gasteiger partial charge is 0.357 e. The fourth-order valence-corrected chi connectivity index (χ4v) is 2.52. The summed E-state index contributed by atoms with van der Waals surface area (Å²) in [7, 11) is 0. The lowest BCUT2D eigenvalue weighted by molar-refractivity contribution is 0.329. The molecule has 20 heavy (non-hydrogen) atoms. The Morgan fingerprint density at radius 1 is 1.15 bits per heavy atom. The summed E-state index contributed by atoms with van der Waals surface area (Å²) in [5, 5.41) is 10.4. The highest BCUT2D eigenvalue weighted by Crippen LogP contribution is 2.23. The SMILES string of the molecule is CCNC(=NCCNC(C)(C)C)NC1CCC(C)CC1. The highest BCUT2D eigenvalue weighted by Gasteiger charge is 2.18.